The highest BCUT2D eigenvalue weighted by Gasteiger charge is 2.19. The molecule has 1 rings (SSSR count). The third-order valence-corrected chi connectivity index (χ3v) is 1.74. The van der Waals surface area contributed by atoms with Crippen molar-refractivity contribution in [2.75, 3.05) is 13.7 Å². The predicted molar refractivity (Wildman–Crippen MR) is 52.1 cm³/mol. The molecule has 86 valence electrons. The first-order valence-electron chi connectivity index (χ1n) is 4.25. The van der Waals surface area contributed by atoms with Gasteiger partial charge in [0.15, 0.2) is 5.15 Å². The monoisotopic (exact) mass is 245 g/mol. The molecule has 0 aliphatic carbocycles. The van der Waals surface area contributed by atoms with Crippen molar-refractivity contribution in [2.24, 2.45) is 0 Å². The Labute approximate surface area is 95.7 Å². The maximum absolute atomic E-state index is 11.3. The number of ether oxygens (including phenoxy) is 2. The van der Waals surface area contributed by atoms with Crippen molar-refractivity contribution in [2.45, 2.75) is 6.92 Å². The molecule has 0 bridgehead atoms. The van der Waals surface area contributed by atoms with Gasteiger partial charge in [0, 0.05) is 0 Å². The zero-order valence-corrected chi connectivity index (χ0v) is 9.32. The summed E-state index contributed by atoms with van der Waals surface area (Å²) < 4.78 is 9.01. The van der Waals surface area contributed by atoms with E-state index in [2.05, 4.69) is 24.7 Å². The average molecular weight is 246 g/mol. The third kappa shape index (κ3) is 2.63. The van der Waals surface area contributed by atoms with E-state index in [9.17, 15) is 9.59 Å². The fourth-order valence-corrected chi connectivity index (χ4v) is 1.00. The molecule has 0 saturated carbocycles. The first kappa shape index (κ1) is 12.3. The summed E-state index contributed by atoms with van der Waals surface area (Å²) in [4.78, 5) is 25.8. The van der Waals surface area contributed by atoms with Crippen LogP contribution in [0.25, 0.3) is 0 Å². The van der Waals surface area contributed by atoms with Gasteiger partial charge in [-0.2, -0.15) is 0 Å². The molecule has 0 saturated heterocycles. The normalized spacial score (nSPS) is 9.69. The lowest BCUT2D eigenvalue weighted by Gasteiger charge is -2.02. The Morgan fingerprint density at radius 1 is 1.31 bits per heavy atom. The Balaban J connectivity index is 3.00. The van der Waals surface area contributed by atoms with Crippen molar-refractivity contribution in [1.82, 2.24) is 15.2 Å². The minimum absolute atomic E-state index is 0.176. The lowest BCUT2D eigenvalue weighted by Crippen LogP contribution is -2.15. The topological polar surface area (TPSA) is 91.3 Å². The van der Waals surface area contributed by atoms with Gasteiger partial charge in [0.1, 0.15) is 0 Å². The van der Waals surface area contributed by atoms with E-state index in [1.54, 1.807) is 6.92 Å². The summed E-state index contributed by atoms with van der Waals surface area (Å²) in [6.45, 7) is 1.81. The minimum atomic E-state index is -0.787. The summed E-state index contributed by atoms with van der Waals surface area (Å²) in [6, 6.07) is 0. The lowest BCUT2D eigenvalue weighted by atomic mass is 10.4. The van der Waals surface area contributed by atoms with Crippen molar-refractivity contribution in [3.8, 4) is 0 Å². The Morgan fingerprint density at radius 3 is 2.50 bits per heavy atom. The number of esters is 2. The lowest BCUT2D eigenvalue weighted by molar-refractivity contribution is 0.0511. The highest BCUT2D eigenvalue weighted by atomic mass is 35.5. The quantitative estimate of drug-likeness (QED) is 0.716. The summed E-state index contributed by atoms with van der Waals surface area (Å²) in [5.41, 5.74) is -0.240. The van der Waals surface area contributed by atoms with E-state index in [4.69, 9.17) is 11.6 Å². The van der Waals surface area contributed by atoms with E-state index in [0.29, 0.717) is 0 Å². The largest absolute Gasteiger partial charge is 0.463 e. The molecule has 0 unspecified atom stereocenters. The average Bonchev–Trinajstić information content (AvgIpc) is 2.28. The van der Waals surface area contributed by atoms with Gasteiger partial charge in [-0.15, -0.1) is 10.2 Å². The Hall–Kier alpha value is -1.76. The van der Waals surface area contributed by atoms with Crippen LogP contribution in [-0.4, -0.2) is 40.8 Å². The molecular weight excluding hydrogens is 238 g/mol. The number of hydrogen-bond donors (Lipinski definition) is 0. The minimum Gasteiger partial charge on any atom is -0.463 e. The van der Waals surface area contributed by atoms with Crippen LogP contribution >= 0.6 is 11.6 Å². The van der Waals surface area contributed by atoms with Gasteiger partial charge in [-0.3, -0.25) is 0 Å². The maximum Gasteiger partial charge on any atom is 0.378 e. The van der Waals surface area contributed by atoms with Crippen molar-refractivity contribution < 1.29 is 19.1 Å². The number of hydrogen-bond acceptors (Lipinski definition) is 7. The summed E-state index contributed by atoms with van der Waals surface area (Å²) in [5, 5.41) is 6.58. The molecule has 0 spiro atoms. The molecule has 16 heavy (non-hydrogen) atoms. The number of aromatic nitrogens is 3. The second-order valence-electron chi connectivity index (χ2n) is 2.49. The van der Waals surface area contributed by atoms with Crippen molar-refractivity contribution in [3.05, 3.63) is 16.7 Å². The molecule has 1 heterocycles. The Morgan fingerprint density at radius 2 is 2.00 bits per heavy atom. The van der Waals surface area contributed by atoms with Crippen LogP contribution in [0.4, 0.5) is 0 Å². The van der Waals surface area contributed by atoms with E-state index in [1.165, 1.54) is 7.11 Å². The van der Waals surface area contributed by atoms with Crippen LogP contribution in [-0.2, 0) is 9.47 Å². The summed E-state index contributed by atoms with van der Waals surface area (Å²) in [7, 11) is 1.17. The molecule has 0 amide bonds. The number of carbonyl (C=O) groups excluding carboxylic acids is 2. The fourth-order valence-electron chi connectivity index (χ4n) is 0.809. The molecule has 0 radical (unpaired) electrons. The van der Waals surface area contributed by atoms with Crippen molar-refractivity contribution >= 4 is 23.5 Å². The van der Waals surface area contributed by atoms with Crippen LogP contribution < -0.4 is 0 Å². The van der Waals surface area contributed by atoms with Crippen LogP contribution in [0, 0.1) is 0 Å². The van der Waals surface area contributed by atoms with E-state index in [-0.39, 0.29) is 23.3 Å². The summed E-state index contributed by atoms with van der Waals surface area (Å²) in [5.74, 6) is -1.85. The van der Waals surface area contributed by atoms with E-state index < -0.39 is 11.9 Å². The number of halogens is 1. The first-order valence-corrected chi connectivity index (χ1v) is 4.63. The molecule has 0 aliphatic rings. The fraction of sp³-hybridized carbons (Fsp3) is 0.375. The zero-order chi connectivity index (χ0) is 12.1. The van der Waals surface area contributed by atoms with Crippen molar-refractivity contribution in [1.29, 1.82) is 0 Å². The van der Waals surface area contributed by atoms with Gasteiger partial charge in [-0.1, -0.05) is 11.6 Å². The van der Waals surface area contributed by atoms with Crippen LogP contribution in [0.2, 0.25) is 5.15 Å². The second-order valence-corrected chi connectivity index (χ2v) is 2.84. The van der Waals surface area contributed by atoms with Gasteiger partial charge in [-0.05, 0) is 6.92 Å². The first-order chi connectivity index (χ1) is 7.60. The molecule has 7 nitrogen and oxygen atoms in total. The molecular formula is C8H8ClN3O4. The summed E-state index contributed by atoms with van der Waals surface area (Å²) in [6.07, 6.45) is 0. The summed E-state index contributed by atoms with van der Waals surface area (Å²) >= 11 is 5.64. The Kier molecular flexibility index (Phi) is 4.12. The van der Waals surface area contributed by atoms with E-state index in [1.807, 2.05) is 0 Å². The molecule has 1 aromatic rings. The number of nitrogens with zero attached hydrogens (tertiary/aromatic N) is 3. The van der Waals surface area contributed by atoms with Crippen LogP contribution in [0.5, 0.6) is 0 Å². The van der Waals surface area contributed by atoms with Gasteiger partial charge in [0.25, 0.3) is 5.82 Å². The number of carbonyl (C=O) groups is 2. The zero-order valence-electron chi connectivity index (χ0n) is 8.56. The van der Waals surface area contributed by atoms with E-state index in [0.717, 1.165) is 0 Å². The van der Waals surface area contributed by atoms with Gasteiger partial charge in [0.2, 0.25) is 5.69 Å². The smallest absolute Gasteiger partial charge is 0.378 e. The second kappa shape index (κ2) is 5.36. The SMILES string of the molecule is CCOC(=O)c1nnc(C(=O)OC)nc1Cl. The molecule has 1 aromatic heterocycles. The molecule has 0 N–H and O–H groups in total. The molecule has 0 aromatic carbocycles. The van der Waals surface area contributed by atoms with Crippen LogP contribution in [0.15, 0.2) is 0 Å². The molecule has 0 aliphatic heterocycles. The number of methoxy groups -OCH3 is 1. The number of rotatable bonds is 3. The van der Waals surface area contributed by atoms with Gasteiger partial charge < -0.3 is 9.47 Å². The van der Waals surface area contributed by atoms with Gasteiger partial charge in [0.05, 0.1) is 13.7 Å². The highest BCUT2D eigenvalue weighted by molar-refractivity contribution is 6.32. The van der Waals surface area contributed by atoms with Crippen LogP contribution in [0.1, 0.15) is 28.0 Å². The van der Waals surface area contributed by atoms with Crippen molar-refractivity contribution in [3.63, 3.8) is 0 Å². The molecule has 0 fully saturated rings. The molecule has 8 heteroatoms. The maximum atomic E-state index is 11.3. The third-order valence-electron chi connectivity index (χ3n) is 1.48. The van der Waals surface area contributed by atoms with Crippen LogP contribution in [0.3, 0.4) is 0 Å². The predicted octanol–water partition coefficient (Wildman–Crippen LogP) is 0.488. The highest BCUT2D eigenvalue weighted by Crippen LogP contribution is 2.10. The van der Waals surface area contributed by atoms with Gasteiger partial charge in [-0.25, -0.2) is 14.6 Å². The Bertz CT molecular complexity index is 424. The standard InChI is InChI=1S/C8H8ClN3O4/c1-3-16-7(13)4-5(9)10-6(12-11-4)8(14)15-2/h3H2,1-2H3. The van der Waals surface area contributed by atoms with Gasteiger partial charge >= 0.3 is 11.9 Å². The molecule has 0 atom stereocenters. The van der Waals surface area contributed by atoms with E-state index >= 15 is 0 Å².